The molecule has 0 bridgehead atoms. The Balaban J connectivity index is 2.07. The lowest BCUT2D eigenvalue weighted by Crippen LogP contribution is -2.37. The first-order valence-electron chi connectivity index (χ1n) is 6.02. The van der Waals surface area contributed by atoms with E-state index < -0.39 is 0 Å². The molecule has 2 rings (SSSR count). The van der Waals surface area contributed by atoms with Gasteiger partial charge in [0.05, 0.1) is 5.69 Å². The van der Waals surface area contributed by atoms with Crippen molar-refractivity contribution in [2.24, 2.45) is 0 Å². The molecule has 0 aromatic heterocycles. The molecule has 1 aromatic carbocycles. The molecule has 0 radical (unpaired) electrons. The third-order valence-corrected chi connectivity index (χ3v) is 3.24. The van der Waals surface area contributed by atoms with Gasteiger partial charge in [0.2, 0.25) is 0 Å². The Bertz CT molecular complexity index is 395. The van der Waals surface area contributed by atoms with Crippen LogP contribution in [0.1, 0.15) is 20.3 Å². The lowest BCUT2D eigenvalue weighted by molar-refractivity contribution is 0.491. The van der Waals surface area contributed by atoms with Gasteiger partial charge >= 0.3 is 0 Å². The maximum atomic E-state index is 13.7. The molecule has 1 aliphatic rings. The van der Waals surface area contributed by atoms with Gasteiger partial charge in [0, 0.05) is 30.2 Å². The van der Waals surface area contributed by atoms with Crippen LogP contribution < -0.4 is 10.2 Å². The van der Waals surface area contributed by atoms with E-state index in [1.54, 1.807) is 12.1 Å². The van der Waals surface area contributed by atoms with Crippen molar-refractivity contribution >= 4 is 17.3 Å². The smallest absolute Gasteiger partial charge is 0.146 e. The molecule has 0 spiro atoms. The summed E-state index contributed by atoms with van der Waals surface area (Å²) in [4.78, 5) is 2.06. The molecule has 1 aromatic rings. The molecule has 0 aliphatic carbocycles. The van der Waals surface area contributed by atoms with E-state index in [0.717, 1.165) is 19.5 Å². The first-order valence-corrected chi connectivity index (χ1v) is 6.40. The van der Waals surface area contributed by atoms with Gasteiger partial charge in [-0.3, -0.25) is 0 Å². The fourth-order valence-electron chi connectivity index (χ4n) is 2.31. The molecule has 94 valence electrons. The Morgan fingerprint density at radius 2 is 2.24 bits per heavy atom. The predicted octanol–water partition coefficient (Wildman–Crippen LogP) is 3.06. The monoisotopic (exact) mass is 256 g/mol. The number of anilines is 1. The van der Waals surface area contributed by atoms with E-state index in [4.69, 9.17) is 11.6 Å². The molecule has 2 nitrogen and oxygen atoms in total. The van der Waals surface area contributed by atoms with Crippen molar-refractivity contribution in [2.75, 3.05) is 18.0 Å². The third-order valence-electron chi connectivity index (χ3n) is 3.01. The topological polar surface area (TPSA) is 15.3 Å². The van der Waals surface area contributed by atoms with Crippen molar-refractivity contribution in [1.29, 1.82) is 0 Å². The second-order valence-electron chi connectivity index (χ2n) is 4.85. The van der Waals surface area contributed by atoms with E-state index in [1.165, 1.54) is 6.07 Å². The number of benzene rings is 1. The highest BCUT2D eigenvalue weighted by Gasteiger charge is 2.24. The third kappa shape index (κ3) is 3.11. The van der Waals surface area contributed by atoms with Crippen molar-refractivity contribution in [3.63, 3.8) is 0 Å². The SMILES string of the molecule is CC(C)NC1CCN(c2cc(Cl)ccc2F)C1. The van der Waals surface area contributed by atoms with E-state index in [0.29, 0.717) is 22.8 Å². The summed E-state index contributed by atoms with van der Waals surface area (Å²) >= 11 is 5.91. The Hall–Kier alpha value is -0.800. The van der Waals surface area contributed by atoms with Gasteiger partial charge in [-0.2, -0.15) is 0 Å². The molecule has 1 N–H and O–H groups in total. The molecule has 1 fully saturated rings. The lowest BCUT2D eigenvalue weighted by atomic mass is 10.2. The van der Waals surface area contributed by atoms with Crippen LogP contribution in [0, 0.1) is 5.82 Å². The van der Waals surface area contributed by atoms with Crippen molar-refractivity contribution in [3.8, 4) is 0 Å². The number of nitrogens with zero attached hydrogens (tertiary/aromatic N) is 1. The number of hydrogen-bond acceptors (Lipinski definition) is 2. The van der Waals surface area contributed by atoms with Crippen molar-refractivity contribution in [3.05, 3.63) is 29.0 Å². The fraction of sp³-hybridized carbons (Fsp3) is 0.538. The van der Waals surface area contributed by atoms with Crippen LogP contribution in [0.25, 0.3) is 0 Å². The summed E-state index contributed by atoms with van der Waals surface area (Å²) in [5.74, 6) is -0.195. The number of halogens is 2. The summed E-state index contributed by atoms with van der Waals surface area (Å²) in [6.07, 6.45) is 1.05. The molecule has 1 heterocycles. The van der Waals surface area contributed by atoms with Crippen molar-refractivity contribution in [1.82, 2.24) is 5.32 Å². The minimum atomic E-state index is -0.195. The average molecular weight is 257 g/mol. The second-order valence-corrected chi connectivity index (χ2v) is 5.29. The van der Waals surface area contributed by atoms with Gasteiger partial charge in [-0.25, -0.2) is 4.39 Å². The molecule has 1 unspecified atom stereocenters. The highest BCUT2D eigenvalue weighted by Crippen LogP contribution is 2.26. The minimum absolute atomic E-state index is 0.195. The summed E-state index contributed by atoms with van der Waals surface area (Å²) in [6, 6.07) is 5.62. The summed E-state index contributed by atoms with van der Waals surface area (Å²) in [5.41, 5.74) is 0.616. The largest absolute Gasteiger partial charge is 0.368 e. The van der Waals surface area contributed by atoms with Crippen LogP contribution in [0.4, 0.5) is 10.1 Å². The van der Waals surface area contributed by atoms with Gasteiger partial charge in [0.1, 0.15) is 5.82 Å². The van der Waals surface area contributed by atoms with E-state index in [9.17, 15) is 4.39 Å². The molecule has 0 saturated carbocycles. The molecule has 4 heteroatoms. The van der Waals surface area contributed by atoms with Gasteiger partial charge in [0.25, 0.3) is 0 Å². The fourth-order valence-corrected chi connectivity index (χ4v) is 2.48. The van der Waals surface area contributed by atoms with Crippen molar-refractivity contribution in [2.45, 2.75) is 32.4 Å². The van der Waals surface area contributed by atoms with Crippen LogP contribution >= 0.6 is 11.6 Å². The van der Waals surface area contributed by atoms with Crippen LogP contribution in [0.15, 0.2) is 18.2 Å². The highest BCUT2D eigenvalue weighted by molar-refractivity contribution is 6.30. The first-order chi connectivity index (χ1) is 8.06. The number of hydrogen-bond donors (Lipinski definition) is 1. The number of rotatable bonds is 3. The Labute approximate surface area is 107 Å². The maximum absolute atomic E-state index is 13.7. The normalized spacial score (nSPS) is 20.3. The van der Waals surface area contributed by atoms with Gasteiger partial charge in [-0.15, -0.1) is 0 Å². The summed E-state index contributed by atoms with van der Waals surface area (Å²) in [7, 11) is 0. The van der Waals surface area contributed by atoms with Crippen LogP contribution in [0.5, 0.6) is 0 Å². The van der Waals surface area contributed by atoms with Crippen LogP contribution in [0.3, 0.4) is 0 Å². The standard InChI is InChI=1S/C13H18ClFN2/c1-9(2)16-11-5-6-17(8-11)13-7-10(14)3-4-12(13)15/h3-4,7,9,11,16H,5-6,8H2,1-2H3. The average Bonchev–Trinajstić information content (AvgIpc) is 2.69. The van der Waals surface area contributed by atoms with Crippen LogP contribution in [0.2, 0.25) is 5.02 Å². The predicted molar refractivity (Wildman–Crippen MR) is 70.3 cm³/mol. The zero-order chi connectivity index (χ0) is 12.4. The number of nitrogens with one attached hydrogen (secondary N) is 1. The zero-order valence-corrected chi connectivity index (χ0v) is 11.0. The molecule has 1 aliphatic heterocycles. The Kier molecular flexibility index (Phi) is 3.89. The molecular formula is C13H18ClFN2. The van der Waals surface area contributed by atoms with Crippen LogP contribution in [-0.4, -0.2) is 25.2 Å². The van der Waals surface area contributed by atoms with Gasteiger partial charge in [0.15, 0.2) is 0 Å². The molecular weight excluding hydrogens is 239 g/mol. The molecule has 1 saturated heterocycles. The quantitative estimate of drug-likeness (QED) is 0.894. The molecule has 1 atom stereocenters. The zero-order valence-electron chi connectivity index (χ0n) is 10.2. The minimum Gasteiger partial charge on any atom is -0.368 e. The first kappa shape index (κ1) is 12.7. The van der Waals surface area contributed by atoms with Crippen LogP contribution in [-0.2, 0) is 0 Å². The molecule has 0 amide bonds. The summed E-state index contributed by atoms with van der Waals surface area (Å²) < 4.78 is 13.7. The lowest BCUT2D eigenvalue weighted by Gasteiger charge is -2.20. The second kappa shape index (κ2) is 5.23. The van der Waals surface area contributed by atoms with E-state index in [2.05, 4.69) is 24.1 Å². The summed E-state index contributed by atoms with van der Waals surface area (Å²) in [5, 5.41) is 4.06. The van der Waals surface area contributed by atoms with E-state index >= 15 is 0 Å². The van der Waals surface area contributed by atoms with E-state index in [1.807, 2.05) is 0 Å². The Morgan fingerprint density at radius 3 is 2.94 bits per heavy atom. The Morgan fingerprint density at radius 1 is 1.47 bits per heavy atom. The van der Waals surface area contributed by atoms with Gasteiger partial charge in [-0.05, 0) is 24.6 Å². The summed E-state index contributed by atoms with van der Waals surface area (Å²) in [6.45, 7) is 5.97. The van der Waals surface area contributed by atoms with Gasteiger partial charge < -0.3 is 10.2 Å². The van der Waals surface area contributed by atoms with Gasteiger partial charge in [-0.1, -0.05) is 25.4 Å². The van der Waals surface area contributed by atoms with Crippen molar-refractivity contribution < 1.29 is 4.39 Å². The maximum Gasteiger partial charge on any atom is 0.146 e. The highest BCUT2D eigenvalue weighted by atomic mass is 35.5. The molecule has 17 heavy (non-hydrogen) atoms. The van der Waals surface area contributed by atoms with E-state index in [-0.39, 0.29) is 5.82 Å².